The molecule has 0 aromatic heterocycles. The molecule has 4 heteroatoms. The summed E-state index contributed by atoms with van der Waals surface area (Å²) in [7, 11) is 0. The topological polar surface area (TPSA) is 32.3 Å². The largest absolute Gasteiger partial charge is 0.342 e. The molecule has 1 rings (SSSR count). The minimum absolute atomic E-state index is 0. The van der Waals surface area contributed by atoms with Gasteiger partial charge in [-0.05, 0) is 19.9 Å². The summed E-state index contributed by atoms with van der Waals surface area (Å²) in [5.74, 6) is 0.236. The third kappa shape index (κ3) is 3.08. The van der Waals surface area contributed by atoms with Gasteiger partial charge in [0, 0.05) is 13.1 Å². The van der Waals surface area contributed by atoms with E-state index in [0.717, 1.165) is 26.1 Å². The average molecular weight is 179 g/mol. The zero-order valence-electron chi connectivity index (χ0n) is 6.80. The molecule has 1 aliphatic heterocycles. The van der Waals surface area contributed by atoms with Crippen molar-refractivity contribution in [2.75, 3.05) is 26.2 Å². The van der Waals surface area contributed by atoms with E-state index in [2.05, 4.69) is 5.32 Å². The van der Waals surface area contributed by atoms with Crippen molar-refractivity contribution in [2.24, 2.45) is 0 Å². The fraction of sp³-hybridized carbons (Fsp3) is 0.857. The Hall–Kier alpha value is -0.280. The second-order valence-corrected chi connectivity index (χ2v) is 2.50. The van der Waals surface area contributed by atoms with Gasteiger partial charge in [-0.1, -0.05) is 0 Å². The summed E-state index contributed by atoms with van der Waals surface area (Å²) in [4.78, 5) is 13.0. The van der Waals surface area contributed by atoms with Gasteiger partial charge in [-0.25, -0.2) is 0 Å². The monoisotopic (exact) mass is 178 g/mol. The fourth-order valence-electron chi connectivity index (χ4n) is 1.16. The summed E-state index contributed by atoms with van der Waals surface area (Å²) in [5.41, 5.74) is 0. The van der Waals surface area contributed by atoms with Gasteiger partial charge in [0.15, 0.2) is 0 Å². The molecule has 1 N–H and O–H groups in total. The summed E-state index contributed by atoms with van der Waals surface area (Å²) in [6.45, 7) is 5.28. The van der Waals surface area contributed by atoms with Crippen LogP contribution in [0.3, 0.4) is 0 Å². The molecular formula is C7H15ClN2O. The van der Waals surface area contributed by atoms with Crippen LogP contribution < -0.4 is 5.32 Å². The van der Waals surface area contributed by atoms with Gasteiger partial charge in [0.2, 0.25) is 5.91 Å². The highest BCUT2D eigenvalue weighted by Crippen LogP contribution is 1.94. The standard InChI is InChI=1S/C7H14N2O.ClH/c1-2-9-5-3-4-8-6-7(9)10;/h8H,2-6H2,1H3;1H. The van der Waals surface area contributed by atoms with E-state index < -0.39 is 0 Å². The molecule has 3 nitrogen and oxygen atoms in total. The van der Waals surface area contributed by atoms with Gasteiger partial charge in [0.25, 0.3) is 0 Å². The molecule has 66 valence electrons. The molecule has 0 bridgehead atoms. The Labute approximate surface area is 73.5 Å². The molecule has 0 unspecified atom stereocenters. The smallest absolute Gasteiger partial charge is 0.236 e. The van der Waals surface area contributed by atoms with Gasteiger partial charge < -0.3 is 10.2 Å². The van der Waals surface area contributed by atoms with Crippen molar-refractivity contribution in [1.82, 2.24) is 10.2 Å². The Bertz CT molecular complexity index is 130. The number of hydrogen-bond donors (Lipinski definition) is 1. The van der Waals surface area contributed by atoms with Crippen LogP contribution >= 0.6 is 12.4 Å². The van der Waals surface area contributed by atoms with Crippen molar-refractivity contribution in [2.45, 2.75) is 13.3 Å². The van der Waals surface area contributed by atoms with Gasteiger partial charge >= 0.3 is 0 Å². The number of amides is 1. The van der Waals surface area contributed by atoms with E-state index in [0.29, 0.717) is 6.54 Å². The van der Waals surface area contributed by atoms with Crippen LogP contribution in [0.15, 0.2) is 0 Å². The molecule has 1 amide bonds. The van der Waals surface area contributed by atoms with Crippen molar-refractivity contribution in [1.29, 1.82) is 0 Å². The molecule has 0 aliphatic carbocycles. The fourth-order valence-corrected chi connectivity index (χ4v) is 1.16. The summed E-state index contributed by atoms with van der Waals surface area (Å²) >= 11 is 0. The number of nitrogens with zero attached hydrogens (tertiary/aromatic N) is 1. The van der Waals surface area contributed by atoms with Crippen molar-refractivity contribution in [3.63, 3.8) is 0 Å². The van der Waals surface area contributed by atoms with Crippen molar-refractivity contribution < 1.29 is 4.79 Å². The Morgan fingerprint density at radius 1 is 1.64 bits per heavy atom. The molecule has 1 heterocycles. The van der Waals surface area contributed by atoms with E-state index in [1.165, 1.54) is 0 Å². The molecule has 1 fully saturated rings. The van der Waals surface area contributed by atoms with Crippen LogP contribution in [0.5, 0.6) is 0 Å². The molecule has 0 atom stereocenters. The second-order valence-electron chi connectivity index (χ2n) is 2.50. The number of rotatable bonds is 1. The number of likely N-dealkylation sites (N-methyl/N-ethyl adjacent to an activating group) is 1. The van der Waals surface area contributed by atoms with E-state index in [-0.39, 0.29) is 18.3 Å². The normalized spacial score (nSPS) is 19.0. The Morgan fingerprint density at radius 3 is 3.00 bits per heavy atom. The number of nitrogens with one attached hydrogen (secondary N) is 1. The molecule has 0 aromatic rings. The van der Waals surface area contributed by atoms with Crippen LogP contribution in [0.1, 0.15) is 13.3 Å². The molecule has 0 aromatic carbocycles. The van der Waals surface area contributed by atoms with E-state index in [1.54, 1.807) is 0 Å². The lowest BCUT2D eigenvalue weighted by atomic mass is 10.4. The van der Waals surface area contributed by atoms with Crippen LogP contribution in [0.4, 0.5) is 0 Å². The summed E-state index contributed by atoms with van der Waals surface area (Å²) in [5, 5.41) is 3.07. The maximum Gasteiger partial charge on any atom is 0.236 e. The molecule has 11 heavy (non-hydrogen) atoms. The lowest BCUT2D eigenvalue weighted by Gasteiger charge is -2.16. The average Bonchev–Trinajstić information content (AvgIpc) is 2.13. The maximum absolute atomic E-state index is 11.1. The second kappa shape index (κ2) is 5.38. The van der Waals surface area contributed by atoms with Crippen LogP contribution in [-0.4, -0.2) is 37.0 Å². The first-order valence-electron chi connectivity index (χ1n) is 3.83. The van der Waals surface area contributed by atoms with Crippen molar-refractivity contribution in [3.8, 4) is 0 Å². The maximum atomic E-state index is 11.1. The van der Waals surface area contributed by atoms with Crippen LogP contribution in [0, 0.1) is 0 Å². The Kier molecular flexibility index (Phi) is 5.24. The third-order valence-electron chi connectivity index (χ3n) is 1.79. The van der Waals surface area contributed by atoms with E-state index in [1.807, 2.05) is 11.8 Å². The molecule has 0 spiro atoms. The van der Waals surface area contributed by atoms with Gasteiger partial charge in [-0.3, -0.25) is 4.79 Å². The van der Waals surface area contributed by atoms with Gasteiger partial charge in [-0.2, -0.15) is 0 Å². The molecule has 1 aliphatic rings. The van der Waals surface area contributed by atoms with Gasteiger partial charge in [0.1, 0.15) is 0 Å². The first kappa shape index (κ1) is 10.7. The first-order chi connectivity index (χ1) is 4.84. The van der Waals surface area contributed by atoms with Crippen LogP contribution in [0.2, 0.25) is 0 Å². The quantitative estimate of drug-likeness (QED) is 0.625. The van der Waals surface area contributed by atoms with Crippen LogP contribution in [-0.2, 0) is 4.79 Å². The SMILES string of the molecule is CCN1CCCNCC1=O.Cl. The Morgan fingerprint density at radius 2 is 2.36 bits per heavy atom. The summed E-state index contributed by atoms with van der Waals surface area (Å²) < 4.78 is 0. The predicted molar refractivity (Wildman–Crippen MR) is 47.0 cm³/mol. The molecular weight excluding hydrogens is 164 g/mol. The van der Waals surface area contributed by atoms with E-state index >= 15 is 0 Å². The van der Waals surface area contributed by atoms with Gasteiger partial charge in [-0.15, -0.1) is 12.4 Å². The van der Waals surface area contributed by atoms with Crippen molar-refractivity contribution in [3.05, 3.63) is 0 Å². The van der Waals surface area contributed by atoms with Crippen molar-refractivity contribution >= 4 is 18.3 Å². The van der Waals surface area contributed by atoms with E-state index in [9.17, 15) is 4.79 Å². The molecule has 0 radical (unpaired) electrons. The highest BCUT2D eigenvalue weighted by Gasteiger charge is 2.12. The lowest BCUT2D eigenvalue weighted by molar-refractivity contribution is -0.129. The zero-order valence-corrected chi connectivity index (χ0v) is 7.62. The minimum Gasteiger partial charge on any atom is -0.342 e. The van der Waals surface area contributed by atoms with Crippen LogP contribution in [0.25, 0.3) is 0 Å². The summed E-state index contributed by atoms with van der Waals surface area (Å²) in [6.07, 6.45) is 1.08. The summed E-state index contributed by atoms with van der Waals surface area (Å²) in [6, 6.07) is 0. The molecule has 0 saturated carbocycles. The van der Waals surface area contributed by atoms with E-state index in [4.69, 9.17) is 0 Å². The lowest BCUT2D eigenvalue weighted by Crippen LogP contribution is -2.34. The number of carbonyl (C=O) groups is 1. The minimum atomic E-state index is 0. The highest BCUT2D eigenvalue weighted by molar-refractivity contribution is 5.85. The molecule has 1 saturated heterocycles. The first-order valence-corrected chi connectivity index (χ1v) is 3.83. The zero-order chi connectivity index (χ0) is 7.40. The predicted octanol–water partition coefficient (Wildman–Crippen LogP) is 0.250. The number of halogens is 1. The van der Waals surface area contributed by atoms with Gasteiger partial charge in [0.05, 0.1) is 6.54 Å². The highest BCUT2D eigenvalue weighted by atomic mass is 35.5. The number of carbonyl (C=O) groups excluding carboxylic acids is 1. The Balaban J connectivity index is 0.000001000. The number of hydrogen-bond acceptors (Lipinski definition) is 2. The third-order valence-corrected chi connectivity index (χ3v) is 1.79.